The van der Waals surface area contributed by atoms with E-state index >= 15 is 0 Å². The Morgan fingerprint density at radius 3 is 2.80 bits per heavy atom. The van der Waals surface area contributed by atoms with Crippen LogP contribution in [-0.4, -0.2) is 34.4 Å². The van der Waals surface area contributed by atoms with Crippen molar-refractivity contribution in [3.8, 4) is 0 Å². The average Bonchev–Trinajstić information content (AvgIpc) is 2.77. The van der Waals surface area contributed by atoms with Gasteiger partial charge in [0.2, 0.25) is 5.91 Å². The molecule has 0 atom stereocenters. The summed E-state index contributed by atoms with van der Waals surface area (Å²) in [5, 5.41) is 3.81. The number of aryl methyl sites for hydroxylation is 1. The molecule has 0 spiro atoms. The third-order valence-corrected chi connectivity index (χ3v) is 3.87. The van der Waals surface area contributed by atoms with Crippen molar-refractivity contribution >= 4 is 39.0 Å². The van der Waals surface area contributed by atoms with E-state index in [1.807, 2.05) is 31.1 Å². The molecule has 1 N–H and O–H groups in total. The summed E-state index contributed by atoms with van der Waals surface area (Å²) in [5.74, 6) is 0.476. The van der Waals surface area contributed by atoms with Gasteiger partial charge in [0.1, 0.15) is 5.82 Å². The van der Waals surface area contributed by atoms with Crippen LogP contribution in [0, 0.1) is 6.92 Å². The van der Waals surface area contributed by atoms with Crippen LogP contribution < -0.4 is 5.32 Å². The fourth-order valence-electron chi connectivity index (χ4n) is 1.68. The summed E-state index contributed by atoms with van der Waals surface area (Å²) in [4.78, 5) is 23.3. The van der Waals surface area contributed by atoms with Gasteiger partial charge < -0.3 is 5.32 Å². The number of rotatable bonds is 5. The molecule has 0 aliphatic rings. The highest BCUT2D eigenvalue weighted by Crippen LogP contribution is 2.13. The molecule has 2 aromatic rings. The zero-order valence-corrected chi connectivity index (χ0v) is 13.7. The molecule has 5 nitrogen and oxygen atoms in total. The number of amides is 1. The van der Waals surface area contributed by atoms with Gasteiger partial charge in [0.25, 0.3) is 0 Å². The summed E-state index contributed by atoms with van der Waals surface area (Å²) in [6, 6.07) is 3.60. The second-order valence-electron chi connectivity index (χ2n) is 4.43. The monoisotopic (exact) mass is 354 g/mol. The highest BCUT2D eigenvalue weighted by Gasteiger charge is 2.09. The van der Waals surface area contributed by atoms with E-state index in [0.717, 1.165) is 14.4 Å². The first-order valence-corrected chi connectivity index (χ1v) is 7.65. The number of nitrogens with one attached hydrogen (secondary N) is 1. The molecule has 2 rings (SSSR count). The van der Waals surface area contributed by atoms with E-state index in [9.17, 15) is 4.79 Å². The number of pyridine rings is 1. The molecular weight excluding hydrogens is 340 g/mol. The number of halogens is 1. The first-order chi connectivity index (χ1) is 9.52. The molecule has 0 aliphatic carbocycles. The second kappa shape index (κ2) is 6.92. The highest BCUT2D eigenvalue weighted by atomic mass is 79.9. The lowest BCUT2D eigenvalue weighted by atomic mass is 10.4. The number of nitrogens with zero attached hydrogens (tertiary/aromatic N) is 3. The van der Waals surface area contributed by atoms with Gasteiger partial charge in [0.15, 0.2) is 0 Å². The van der Waals surface area contributed by atoms with Crippen LogP contribution >= 0.6 is 27.3 Å². The van der Waals surface area contributed by atoms with Gasteiger partial charge in [-0.2, -0.15) is 0 Å². The van der Waals surface area contributed by atoms with Crippen molar-refractivity contribution in [1.29, 1.82) is 0 Å². The Morgan fingerprint density at radius 1 is 1.40 bits per heavy atom. The molecule has 2 aromatic heterocycles. The van der Waals surface area contributed by atoms with Gasteiger partial charge in [-0.05, 0) is 42.0 Å². The van der Waals surface area contributed by atoms with Crippen LogP contribution in [0.3, 0.4) is 0 Å². The molecule has 0 unspecified atom stereocenters. The molecule has 20 heavy (non-hydrogen) atoms. The Hall–Kier alpha value is -1.31. The number of likely N-dealkylation sites (N-methyl/N-ethyl adjacent to an activating group) is 1. The SMILES string of the molecule is Cc1ncc(CN(C)CC(=O)Nc2ccc(Br)cn2)s1. The molecule has 1 amide bonds. The van der Waals surface area contributed by atoms with E-state index in [4.69, 9.17) is 0 Å². The third-order valence-electron chi connectivity index (χ3n) is 2.50. The standard InChI is InChI=1S/C13H15BrN4OS/c1-9-15-6-11(20-9)7-18(2)8-13(19)17-12-4-3-10(14)5-16-12/h3-6H,7-8H2,1-2H3,(H,16,17,19). The third kappa shape index (κ3) is 4.66. The normalized spacial score (nSPS) is 10.8. The van der Waals surface area contributed by atoms with Crippen LogP contribution in [0.25, 0.3) is 0 Å². The molecule has 0 saturated carbocycles. The Morgan fingerprint density at radius 2 is 2.20 bits per heavy atom. The topological polar surface area (TPSA) is 58.1 Å². The minimum atomic E-state index is -0.0800. The van der Waals surface area contributed by atoms with E-state index < -0.39 is 0 Å². The van der Waals surface area contributed by atoms with Crippen LogP contribution in [0.1, 0.15) is 9.88 Å². The maximum atomic E-state index is 11.9. The van der Waals surface area contributed by atoms with Crippen molar-refractivity contribution in [2.75, 3.05) is 18.9 Å². The number of hydrogen-bond donors (Lipinski definition) is 1. The fourth-order valence-corrected chi connectivity index (χ4v) is 2.79. The van der Waals surface area contributed by atoms with Crippen molar-refractivity contribution in [3.63, 3.8) is 0 Å². The van der Waals surface area contributed by atoms with Crippen LogP contribution in [-0.2, 0) is 11.3 Å². The van der Waals surface area contributed by atoms with Crippen molar-refractivity contribution in [1.82, 2.24) is 14.9 Å². The molecule has 0 fully saturated rings. The number of aromatic nitrogens is 2. The van der Waals surface area contributed by atoms with Crippen molar-refractivity contribution in [2.45, 2.75) is 13.5 Å². The van der Waals surface area contributed by atoms with Gasteiger partial charge in [-0.1, -0.05) is 0 Å². The molecule has 0 bridgehead atoms. The van der Waals surface area contributed by atoms with Crippen molar-refractivity contribution in [2.24, 2.45) is 0 Å². The zero-order valence-electron chi connectivity index (χ0n) is 11.3. The van der Waals surface area contributed by atoms with Gasteiger partial charge in [-0.15, -0.1) is 11.3 Å². The summed E-state index contributed by atoms with van der Waals surface area (Å²) in [7, 11) is 1.91. The van der Waals surface area contributed by atoms with E-state index in [2.05, 4.69) is 31.2 Å². The van der Waals surface area contributed by atoms with Crippen LogP contribution in [0.2, 0.25) is 0 Å². The molecule has 7 heteroatoms. The number of anilines is 1. The van der Waals surface area contributed by atoms with Gasteiger partial charge in [-0.25, -0.2) is 9.97 Å². The quantitative estimate of drug-likeness (QED) is 0.896. The minimum Gasteiger partial charge on any atom is -0.310 e. The van der Waals surface area contributed by atoms with Gasteiger partial charge in [0, 0.05) is 28.3 Å². The molecular formula is C13H15BrN4OS. The molecule has 106 valence electrons. The molecule has 0 aromatic carbocycles. The first-order valence-electron chi connectivity index (χ1n) is 6.04. The Kier molecular flexibility index (Phi) is 5.22. The van der Waals surface area contributed by atoms with Crippen LogP contribution in [0.4, 0.5) is 5.82 Å². The second-order valence-corrected chi connectivity index (χ2v) is 6.66. The Labute approximate surface area is 130 Å². The molecule has 2 heterocycles. The highest BCUT2D eigenvalue weighted by molar-refractivity contribution is 9.10. The van der Waals surface area contributed by atoms with Gasteiger partial charge in [-0.3, -0.25) is 9.69 Å². The van der Waals surface area contributed by atoms with Crippen LogP contribution in [0.5, 0.6) is 0 Å². The summed E-state index contributed by atoms with van der Waals surface area (Å²) >= 11 is 4.95. The maximum Gasteiger partial charge on any atom is 0.239 e. The summed E-state index contributed by atoms with van der Waals surface area (Å²) in [6.07, 6.45) is 3.50. The van der Waals surface area contributed by atoms with E-state index in [-0.39, 0.29) is 5.91 Å². The summed E-state index contributed by atoms with van der Waals surface area (Å²) in [5.41, 5.74) is 0. The average molecular weight is 355 g/mol. The largest absolute Gasteiger partial charge is 0.310 e. The van der Waals surface area contributed by atoms with E-state index in [0.29, 0.717) is 18.9 Å². The van der Waals surface area contributed by atoms with Gasteiger partial charge >= 0.3 is 0 Å². The summed E-state index contributed by atoms with van der Waals surface area (Å²) < 4.78 is 0.883. The molecule has 0 saturated heterocycles. The lowest BCUT2D eigenvalue weighted by Gasteiger charge is -2.14. The number of carbonyl (C=O) groups is 1. The number of carbonyl (C=O) groups excluding carboxylic acids is 1. The summed E-state index contributed by atoms with van der Waals surface area (Å²) in [6.45, 7) is 3.00. The zero-order chi connectivity index (χ0) is 14.5. The van der Waals surface area contributed by atoms with E-state index in [1.165, 1.54) is 0 Å². The number of hydrogen-bond acceptors (Lipinski definition) is 5. The van der Waals surface area contributed by atoms with Crippen molar-refractivity contribution in [3.05, 3.63) is 38.9 Å². The van der Waals surface area contributed by atoms with Gasteiger partial charge in [0.05, 0.1) is 11.6 Å². The Balaban J connectivity index is 1.83. The van der Waals surface area contributed by atoms with Crippen LogP contribution in [0.15, 0.2) is 29.0 Å². The lowest BCUT2D eigenvalue weighted by molar-refractivity contribution is -0.117. The lowest BCUT2D eigenvalue weighted by Crippen LogP contribution is -2.29. The maximum absolute atomic E-state index is 11.9. The van der Waals surface area contributed by atoms with E-state index in [1.54, 1.807) is 23.6 Å². The smallest absolute Gasteiger partial charge is 0.239 e. The Bertz CT molecular complexity index is 584. The molecule has 0 aliphatic heterocycles. The first kappa shape index (κ1) is 15.1. The predicted molar refractivity (Wildman–Crippen MR) is 83.8 cm³/mol. The minimum absolute atomic E-state index is 0.0800. The number of thiazole rings is 1. The predicted octanol–water partition coefficient (Wildman–Crippen LogP) is 2.68. The molecule has 0 radical (unpaired) electrons. The fraction of sp³-hybridized carbons (Fsp3) is 0.308. The van der Waals surface area contributed by atoms with Crippen molar-refractivity contribution < 1.29 is 4.79 Å².